The van der Waals surface area contributed by atoms with Crippen molar-refractivity contribution in [2.75, 3.05) is 32.7 Å². The summed E-state index contributed by atoms with van der Waals surface area (Å²) in [7, 11) is 0. The molecule has 1 saturated carbocycles. The van der Waals surface area contributed by atoms with E-state index < -0.39 is 5.60 Å². The number of piperidine rings is 2. The van der Waals surface area contributed by atoms with Gasteiger partial charge in [-0.2, -0.15) is 0 Å². The second kappa shape index (κ2) is 8.07. The zero-order valence-electron chi connectivity index (χ0n) is 17.3. The number of pyridine rings is 1. The standard InChI is InChI=1S/C22H30N6O2/c29-21(28-9-5-22(30,6-10-28)20-3-1-2-7-23-20)18-13-17-4-8-26(14-19(17)18)11-12-27-15-24-25-16-27/h1-3,7,15-19,30H,4-6,8-14H2/t17-,18-,19-/m1/s1. The van der Waals surface area contributed by atoms with E-state index in [1.54, 1.807) is 18.9 Å². The highest BCUT2D eigenvalue weighted by atomic mass is 16.3. The van der Waals surface area contributed by atoms with Crippen molar-refractivity contribution in [1.29, 1.82) is 0 Å². The number of amides is 1. The smallest absolute Gasteiger partial charge is 0.226 e. The first-order valence-corrected chi connectivity index (χ1v) is 11.1. The van der Waals surface area contributed by atoms with Crippen LogP contribution in [0.3, 0.4) is 0 Å². The molecule has 0 bridgehead atoms. The summed E-state index contributed by atoms with van der Waals surface area (Å²) in [5.41, 5.74) is -0.193. The average Bonchev–Trinajstić information content (AvgIpc) is 3.28. The topological polar surface area (TPSA) is 87.4 Å². The Morgan fingerprint density at radius 1 is 1.13 bits per heavy atom. The molecule has 1 amide bonds. The van der Waals surface area contributed by atoms with E-state index >= 15 is 0 Å². The molecule has 3 atom stereocenters. The summed E-state index contributed by atoms with van der Waals surface area (Å²) < 4.78 is 2.01. The van der Waals surface area contributed by atoms with Gasteiger partial charge in [0, 0.05) is 44.8 Å². The van der Waals surface area contributed by atoms with Crippen molar-refractivity contribution in [2.45, 2.75) is 37.8 Å². The van der Waals surface area contributed by atoms with Crippen molar-refractivity contribution in [2.24, 2.45) is 17.8 Å². The van der Waals surface area contributed by atoms with Crippen LogP contribution in [0.15, 0.2) is 37.1 Å². The SMILES string of the molecule is O=C([C@@H]1C[C@H]2CCN(CCn3cnnc3)C[C@H]21)N1CCC(O)(c2ccccn2)CC1. The van der Waals surface area contributed by atoms with Crippen LogP contribution >= 0.6 is 0 Å². The van der Waals surface area contributed by atoms with Gasteiger partial charge in [0.25, 0.3) is 0 Å². The van der Waals surface area contributed by atoms with Crippen molar-refractivity contribution < 1.29 is 9.90 Å². The maximum atomic E-state index is 13.2. The van der Waals surface area contributed by atoms with Crippen molar-refractivity contribution in [1.82, 2.24) is 29.5 Å². The number of carbonyl (C=O) groups is 1. The molecule has 8 nitrogen and oxygen atoms in total. The van der Waals surface area contributed by atoms with Gasteiger partial charge in [0.2, 0.25) is 5.91 Å². The summed E-state index contributed by atoms with van der Waals surface area (Å²) >= 11 is 0. The van der Waals surface area contributed by atoms with E-state index in [9.17, 15) is 9.90 Å². The minimum Gasteiger partial charge on any atom is -0.383 e. The van der Waals surface area contributed by atoms with Crippen molar-refractivity contribution in [3.8, 4) is 0 Å². The fraction of sp³-hybridized carbons (Fsp3) is 0.636. The molecule has 160 valence electrons. The van der Waals surface area contributed by atoms with Crippen LogP contribution in [0.2, 0.25) is 0 Å². The Morgan fingerprint density at radius 2 is 1.93 bits per heavy atom. The van der Waals surface area contributed by atoms with Gasteiger partial charge >= 0.3 is 0 Å². The van der Waals surface area contributed by atoms with Crippen LogP contribution in [0.25, 0.3) is 0 Å². The van der Waals surface area contributed by atoms with Gasteiger partial charge in [-0.15, -0.1) is 10.2 Å². The Hall–Kier alpha value is -2.32. The summed E-state index contributed by atoms with van der Waals surface area (Å²) in [6.07, 6.45) is 8.57. The van der Waals surface area contributed by atoms with E-state index in [0.29, 0.717) is 43.7 Å². The van der Waals surface area contributed by atoms with Gasteiger partial charge in [-0.25, -0.2) is 0 Å². The minimum absolute atomic E-state index is 0.147. The molecule has 2 aromatic rings. The number of hydrogen-bond acceptors (Lipinski definition) is 6. The van der Waals surface area contributed by atoms with Gasteiger partial charge in [-0.05, 0) is 56.2 Å². The van der Waals surface area contributed by atoms with E-state index in [-0.39, 0.29) is 5.92 Å². The largest absolute Gasteiger partial charge is 0.383 e. The second-order valence-corrected chi connectivity index (χ2v) is 9.13. The second-order valence-electron chi connectivity index (χ2n) is 9.13. The van der Waals surface area contributed by atoms with Crippen molar-refractivity contribution >= 4 is 5.91 Å². The predicted octanol–water partition coefficient (Wildman–Crippen LogP) is 1.14. The molecule has 8 heteroatoms. The highest BCUT2D eigenvalue weighted by Gasteiger charge is 2.49. The quantitative estimate of drug-likeness (QED) is 0.796. The van der Waals surface area contributed by atoms with Crippen LogP contribution in [0.4, 0.5) is 0 Å². The summed E-state index contributed by atoms with van der Waals surface area (Å²) in [4.78, 5) is 22.0. The van der Waals surface area contributed by atoms with E-state index in [4.69, 9.17) is 0 Å². The Kier molecular flexibility index (Phi) is 5.28. The third-order valence-corrected chi connectivity index (χ3v) is 7.47. The molecule has 3 fully saturated rings. The number of fused-ring (bicyclic) bond motifs is 1. The third-order valence-electron chi connectivity index (χ3n) is 7.47. The van der Waals surface area contributed by atoms with E-state index in [2.05, 4.69) is 20.1 Å². The molecule has 0 aromatic carbocycles. The lowest BCUT2D eigenvalue weighted by atomic mass is 9.61. The summed E-state index contributed by atoms with van der Waals surface area (Å²) in [5.74, 6) is 1.61. The molecule has 2 aromatic heterocycles. The lowest BCUT2D eigenvalue weighted by molar-refractivity contribution is -0.152. The van der Waals surface area contributed by atoms with Crippen molar-refractivity contribution in [3.63, 3.8) is 0 Å². The zero-order valence-corrected chi connectivity index (χ0v) is 17.3. The third kappa shape index (κ3) is 3.74. The van der Waals surface area contributed by atoms with Gasteiger partial charge in [-0.3, -0.25) is 9.78 Å². The number of carbonyl (C=O) groups excluding carboxylic acids is 1. The van der Waals surface area contributed by atoms with Gasteiger partial charge in [0.05, 0.1) is 5.69 Å². The molecule has 5 rings (SSSR count). The summed E-state index contributed by atoms with van der Waals surface area (Å²) in [5, 5.41) is 18.7. The number of nitrogens with zero attached hydrogens (tertiary/aromatic N) is 6. The van der Waals surface area contributed by atoms with Crippen LogP contribution in [0.5, 0.6) is 0 Å². The number of likely N-dealkylation sites (tertiary alicyclic amines) is 2. The van der Waals surface area contributed by atoms with E-state index in [1.807, 2.05) is 27.7 Å². The molecule has 2 aliphatic heterocycles. The molecule has 1 aliphatic carbocycles. The predicted molar refractivity (Wildman–Crippen MR) is 110 cm³/mol. The van der Waals surface area contributed by atoms with E-state index in [1.165, 1.54) is 6.42 Å². The number of aromatic nitrogens is 4. The molecule has 2 saturated heterocycles. The molecule has 30 heavy (non-hydrogen) atoms. The first kappa shape index (κ1) is 19.6. The Bertz CT molecular complexity index is 850. The number of hydrogen-bond donors (Lipinski definition) is 1. The lowest BCUT2D eigenvalue weighted by Crippen LogP contribution is -2.57. The van der Waals surface area contributed by atoms with Crippen LogP contribution in [-0.4, -0.2) is 73.3 Å². The Labute approximate surface area is 176 Å². The fourth-order valence-electron chi connectivity index (χ4n) is 5.46. The molecular weight excluding hydrogens is 380 g/mol. The maximum Gasteiger partial charge on any atom is 0.226 e. The monoisotopic (exact) mass is 410 g/mol. The maximum absolute atomic E-state index is 13.2. The van der Waals surface area contributed by atoms with Gasteiger partial charge in [0.15, 0.2) is 0 Å². The number of rotatable bonds is 5. The molecule has 4 heterocycles. The van der Waals surface area contributed by atoms with Crippen LogP contribution in [-0.2, 0) is 16.9 Å². The van der Waals surface area contributed by atoms with Gasteiger partial charge < -0.3 is 19.5 Å². The van der Waals surface area contributed by atoms with Gasteiger partial charge in [0.1, 0.15) is 18.3 Å². The Balaban J connectivity index is 1.14. The molecule has 3 aliphatic rings. The van der Waals surface area contributed by atoms with Gasteiger partial charge in [-0.1, -0.05) is 6.07 Å². The molecular formula is C22H30N6O2. The lowest BCUT2D eigenvalue weighted by Gasteiger charge is -2.52. The Morgan fingerprint density at radius 3 is 2.67 bits per heavy atom. The van der Waals surface area contributed by atoms with E-state index in [0.717, 1.165) is 38.3 Å². The molecule has 0 spiro atoms. The number of aliphatic hydroxyl groups is 1. The van der Waals surface area contributed by atoms with Crippen LogP contribution in [0, 0.1) is 17.8 Å². The summed E-state index contributed by atoms with van der Waals surface area (Å²) in [6, 6.07) is 5.65. The molecule has 0 unspecified atom stereocenters. The average molecular weight is 411 g/mol. The molecule has 0 radical (unpaired) electrons. The van der Waals surface area contributed by atoms with Crippen LogP contribution < -0.4 is 0 Å². The van der Waals surface area contributed by atoms with Crippen LogP contribution in [0.1, 0.15) is 31.4 Å². The highest BCUT2D eigenvalue weighted by Crippen LogP contribution is 2.47. The fourth-order valence-corrected chi connectivity index (χ4v) is 5.46. The minimum atomic E-state index is -0.913. The first-order valence-electron chi connectivity index (χ1n) is 11.1. The van der Waals surface area contributed by atoms with Crippen molar-refractivity contribution in [3.05, 3.63) is 42.7 Å². The zero-order chi connectivity index (χ0) is 20.6. The summed E-state index contributed by atoms with van der Waals surface area (Å²) in [6.45, 7) is 5.21. The first-order chi connectivity index (χ1) is 14.6. The highest BCUT2D eigenvalue weighted by molar-refractivity contribution is 5.80. The normalized spacial score (nSPS) is 28.6. The molecule has 1 N–H and O–H groups in total.